The van der Waals surface area contributed by atoms with Crippen LogP contribution in [0, 0.1) is 5.92 Å². The minimum absolute atomic E-state index is 0.0345. The third-order valence-electron chi connectivity index (χ3n) is 5.44. The van der Waals surface area contributed by atoms with E-state index in [9.17, 15) is 4.79 Å². The number of nitrogens with zero attached hydrogens (tertiary/aromatic N) is 1. The summed E-state index contributed by atoms with van der Waals surface area (Å²) >= 11 is 0. The number of carbonyl (C=O) groups is 1. The average Bonchev–Trinajstić information content (AvgIpc) is 2.69. The lowest BCUT2D eigenvalue weighted by atomic mass is 9.90. The Kier molecular flexibility index (Phi) is 6.96. The molecular weight excluding hydrogens is 348 g/mol. The van der Waals surface area contributed by atoms with Crippen molar-refractivity contribution in [2.75, 3.05) is 13.1 Å². The van der Waals surface area contributed by atoms with Crippen LogP contribution in [0.2, 0.25) is 0 Å². The Morgan fingerprint density at radius 2 is 1.68 bits per heavy atom. The van der Waals surface area contributed by atoms with E-state index in [0.717, 1.165) is 43.7 Å². The molecule has 2 amide bonds. The standard InChI is InChI=1S/C24H32N2O2/c1-18(2)22-11-7-8-12-23(22)28-19(3)25-24(27)26-15-13-21(14-16-26)17-20-9-5-4-6-10-20/h4-12,18-19,21H,13-17H2,1-3H3,(H,25,27). The van der Waals surface area contributed by atoms with Crippen LogP contribution in [0.3, 0.4) is 0 Å². The van der Waals surface area contributed by atoms with Crippen molar-refractivity contribution in [3.8, 4) is 5.75 Å². The van der Waals surface area contributed by atoms with Gasteiger partial charge < -0.3 is 15.0 Å². The summed E-state index contributed by atoms with van der Waals surface area (Å²) in [4.78, 5) is 14.5. The number of hydrogen-bond acceptors (Lipinski definition) is 2. The SMILES string of the molecule is CC(NC(=O)N1CCC(Cc2ccccc2)CC1)Oc1ccccc1C(C)C. The number of urea groups is 1. The van der Waals surface area contributed by atoms with Crippen molar-refractivity contribution < 1.29 is 9.53 Å². The molecule has 1 heterocycles. The number of amides is 2. The van der Waals surface area contributed by atoms with Gasteiger partial charge in [0.2, 0.25) is 0 Å². The fourth-order valence-corrected chi connectivity index (χ4v) is 3.84. The van der Waals surface area contributed by atoms with Crippen molar-refractivity contribution in [3.63, 3.8) is 0 Å². The molecule has 1 N–H and O–H groups in total. The van der Waals surface area contributed by atoms with Gasteiger partial charge in [0, 0.05) is 13.1 Å². The minimum Gasteiger partial charge on any atom is -0.471 e. The van der Waals surface area contributed by atoms with Crippen LogP contribution in [0.15, 0.2) is 54.6 Å². The second-order valence-electron chi connectivity index (χ2n) is 8.02. The van der Waals surface area contributed by atoms with Crippen LogP contribution >= 0.6 is 0 Å². The summed E-state index contributed by atoms with van der Waals surface area (Å²) in [6.45, 7) is 7.78. The predicted molar refractivity (Wildman–Crippen MR) is 114 cm³/mol. The van der Waals surface area contributed by atoms with Crippen LogP contribution in [-0.2, 0) is 6.42 Å². The first-order valence-corrected chi connectivity index (χ1v) is 10.4. The quantitative estimate of drug-likeness (QED) is 0.700. The summed E-state index contributed by atoms with van der Waals surface area (Å²) in [7, 11) is 0. The Bertz CT molecular complexity index is 752. The van der Waals surface area contributed by atoms with Crippen LogP contribution in [0.4, 0.5) is 4.79 Å². The molecule has 0 bridgehead atoms. The summed E-state index contributed by atoms with van der Waals surface area (Å²) < 4.78 is 6.01. The lowest BCUT2D eigenvalue weighted by Gasteiger charge is -2.33. The molecule has 0 saturated carbocycles. The molecule has 28 heavy (non-hydrogen) atoms. The predicted octanol–water partition coefficient (Wildman–Crippen LogP) is 5.20. The van der Waals surface area contributed by atoms with Gasteiger partial charge in [0.1, 0.15) is 5.75 Å². The minimum atomic E-state index is -0.366. The lowest BCUT2D eigenvalue weighted by Crippen LogP contribution is -2.48. The number of hydrogen-bond donors (Lipinski definition) is 1. The second kappa shape index (κ2) is 9.63. The molecule has 4 heteroatoms. The Labute approximate surface area is 168 Å². The molecule has 3 rings (SSSR count). The van der Waals surface area contributed by atoms with Crippen molar-refractivity contribution >= 4 is 6.03 Å². The average molecular weight is 381 g/mol. The van der Waals surface area contributed by atoms with Crippen LogP contribution in [-0.4, -0.2) is 30.2 Å². The molecular formula is C24H32N2O2. The fraction of sp³-hybridized carbons (Fsp3) is 0.458. The summed E-state index contributed by atoms with van der Waals surface area (Å²) in [6, 6.07) is 18.6. The maximum absolute atomic E-state index is 12.6. The summed E-state index contributed by atoms with van der Waals surface area (Å²) in [5.41, 5.74) is 2.54. The Balaban J connectivity index is 1.46. The van der Waals surface area contributed by atoms with Gasteiger partial charge in [0.25, 0.3) is 0 Å². The molecule has 0 aromatic heterocycles. The lowest BCUT2D eigenvalue weighted by molar-refractivity contribution is 0.138. The number of benzene rings is 2. The fourth-order valence-electron chi connectivity index (χ4n) is 3.84. The van der Waals surface area contributed by atoms with E-state index in [0.29, 0.717) is 11.8 Å². The molecule has 0 radical (unpaired) electrons. The highest BCUT2D eigenvalue weighted by Crippen LogP contribution is 2.26. The van der Waals surface area contributed by atoms with Gasteiger partial charge in [-0.05, 0) is 55.2 Å². The smallest absolute Gasteiger partial charge is 0.320 e. The van der Waals surface area contributed by atoms with Gasteiger partial charge in [0.15, 0.2) is 6.23 Å². The first kappa shape index (κ1) is 20.2. The van der Waals surface area contributed by atoms with Gasteiger partial charge in [-0.2, -0.15) is 0 Å². The molecule has 1 saturated heterocycles. The molecule has 1 aliphatic heterocycles. The Hall–Kier alpha value is -2.49. The highest BCUT2D eigenvalue weighted by atomic mass is 16.5. The van der Waals surface area contributed by atoms with Crippen molar-refractivity contribution in [2.45, 2.75) is 52.2 Å². The largest absolute Gasteiger partial charge is 0.471 e. The topological polar surface area (TPSA) is 41.6 Å². The van der Waals surface area contributed by atoms with Gasteiger partial charge in [-0.3, -0.25) is 0 Å². The molecule has 1 aliphatic rings. The number of para-hydroxylation sites is 1. The zero-order chi connectivity index (χ0) is 19.9. The molecule has 1 unspecified atom stereocenters. The van der Waals surface area contributed by atoms with E-state index >= 15 is 0 Å². The van der Waals surface area contributed by atoms with Crippen molar-refractivity contribution in [3.05, 3.63) is 65.7 Å². The first-order chi connectivity index (χ1) is 13.5. The zero-order valence-corrected chi connectivity index (χ0v) is 17.2. The number of rotatable bonds is 6. The highest BCUT2D eigenvalue weighted by molar-refractivity contribution is 5.74. The van der Waals surface area contributed by atoms with Crippen molar-refractivity contribution in [1.29, 1.82) is 0 Å². The van der Waals surface area contributed by atoms with E-state index in [1.807, 2.05) is 30.0 Å². The van der Waals surface area contributed by atoms with Gasteiger partial charge >= 0.3 is 6.03 Å². The van der Waals surface area contributed by atoms with Crippen molar-refractivity contribution in [2.24, 2.45) is 5.92 Å². The number of nitrogens with one attached hydrogen (secondary N) is 1. The van der Waals surface area contributed by atoms with E-state index < -0.39 is 0 Å². The highest BCUT2D eigenvalue weighted by Gasteiger charge is 2.24. The molecule has 2 aromatic carbocycles. The third kappa shape index (κ3) is 5.51. The van der Waals surface area contributed by atoms with Crippen LogP contribution in [0.1, 0.15) is 50.7 Å². The molecule has 0 aliphatic carbocycles. The van der Waals surface area contributed by atoms with Crippen LogP contribution in [0.25, 0.3) is 0 Å². The number of piperidine rings is 1. The normalized spacial score (nSPS) is 16.1. The van der Waals surface area contributed by atoms with E-state index in [4.69, 9.17) is 4.74 Å². The third-order valence-corrected chi connectivity index (χ3v) is 5.44. The molecule has 0 spiro atoms. The summed E-state index contributed by atoms with van der Waals surface area (Å²) in [6.07, 6.45) is 2.83. The summed E-state index contributed by atoms with van der Waals surface area (Å²) in [5, 5.41) is 2.99. The van der Waals surface area contributed by atoms with Crippen LogP contribution in [0.5, 0.6) is 5.75 Å². The second-order valence-corrected chi connectivity index (χ2v) is 8.02. The summed E-state index contributed by atoms with van der Waals surface area (Å²) in [5.74, 6) is 1.87. The monoisotopic (exact) mass is 380 g/mol. The Morgan fingerprint density at radius 3 is 2.36 bits per heavy atom. The first-order valence-electron chi connectivity index (χ1n) is 10.4. The van der Waals surface area contributed by atoms with E-state index in [1.165, 1.54) is 5.56 Å². The zero-order valence-electron chi connectivity index (χ0n) is 17.2. The molecule has 4 nitrogen and oxygen atoms in total. The Morgan fingerprint density at radius 1 is 1.04 bits per heavy atom. The maximum Gasteiger partial charge on any atom is 0.320 e. The number of likely N-dealkylation sites (tertiary alicyclic amines) is 1. The van der Waals surface area contributed by atoms with Gasteiger partial charge in [-0.15, -0.1) is 0 Å². The maximum atomic E-state index is 12.6. The van der Waals surface area contributed by atoms with Crippen molar-refractivity contribution in [1.82, 2.24) is 10.2 Å². The molecule has 1 atom stereocenters. The van der Waals surface area contributed by atoms with Gasteiger partial charge in [0.05, 0.1) is 0 Å². The van der Waals surface area contributed by atoms with Gasteiger partial charge in [-0.25, -0.2) is 4.79 Å². The van der Waals surface area contributed by atoms with E-state index in [2.05, 4.69) is 55.6 Å². The van der Waals surface area contributed by atoms with Gasteiger partial charge in [-0.1, -0.05) is 62.4 Å². The van der Waals surface area contributed by atoms with E-state index in [-0.39, 0.29) is 12.3 Å². The molecule has 150 valence electrons. The van der Waals surface area contributed by atoms with E-state index in [1.54, 1.807) is 0 Å². The number of ether oxygens (including phenoxy) is 1. The molecule has 2 aromatic rings. The van der Waals surface area contributed by atoms with Crippen LogP contribution < -0.4 is 10.1 Å². The molecule has 1 fully saturated rings. The number of carbonyl (C=O) groups excluding carboxylic acids is 1.